The van der Waals surface area contributed by atoms with Crippen molar-refractivity contribution in [3.8, 4) is 17.2 Å². The van der Waals surface area contributed by atoms with Gasteiger partial charge in [-0.2, -0.15) is 0 Å². The maximum absolute atomic E-state index is 12.4. The van der Waals surface area contributed by atoms with Crippen molar-refractivity contribution in [3.63, 3.8) is 0 Å². The molecule has 0 atom stereocenters. The minimum atomic E-state index is -0.484. The Morgan fingerprint density at radius 3 is 2.47 bits per heavy atom. The zero-order valence-corrected chi connectivity index (χ0v) is 19.4. The van der Waals surface area contributed by atoms with Gasteiger partial charge in [-0.3, -0.25) is 15.6 Å². The number of ether oxygens (including phenoxy) is 3. The van der Waals surface area contributed by atoms with Gasteiger partial charge in [0.05, 0.1) is 19.9 Å². The third kappa shape index (κ3) is 5.57. The molecule has 0 fully saturated rings. The number of furan rings is 1. The number of hydrogen-bond acceptors (Lipinski definition) is 6. The molecule has 0 radical (unpaired) electrons. The van der Waals surface area contributed by atoms with Crippen molar-refractivity contribution in [2.75, 3.05) is 19.5 Å². The number of anilines is 1. The third-order valence-corrected chi connectivity index (χ3v) is 5.14. The normalized spacial score (nSPS) is 10.4. The lowest BCUT2D eigenvalue weighted by molar-refractivity contribution is 0.0912. The Morgan fingerprint density at radius 1 is 0.882 bits per heavy atom. The van der Waals surface area contributed by atoms with E-state index in [-0.39, 0.29) is 17.5 Å². The Kier molecular flexibility index (Phi) is 7.14. The van der Waals surface area contributed by atoms with E-state index >= 15 is 0 Å². The van der Waals surface area contributed by atoms with Gasteiger partial charge in [0.25, 0.3) is 0 Å². The van der Waals surface area contributed by atoms with E-state index in [1.807, 2.05) is 42.5 Å². The van der Waals surface area contributed by atoms with Gasteiger partial charge in [-0.15, -0.1) is 0 Å². The topological polar surface area (TPSA) is 94.0 Å². The van der Waals surface area contributed by atoms with E-state index in [9.17, 15) is 4.79 Å². The van der Waals surface area contributed by atoms with Crippen molar-refractivity contribution in [1.82, 2.24) is 10.9 Å². The van der Waals surface area contributed by atoms with Crippen LogP contribution in [0.25, 0.3) is 10.8 Å². The van der Waals surface area contributed by atoms with Gasteiger partial charge in [-0.05, 0) is 59.4 Å². The molecule has 174 valence electrons. The molecule has 34 heavy (non-hydrogen) atoms. The van der Waals surface area contributed by atoms with Gasteiger partial charge >= 0.3 is 5.91 Å². The van der Waals surface area contributed by atoms with E-state index in [2.05, 4.69) is 16.2 Å². The molecule has 4 aromatic rings. The van der Waals surface area contributed by atoms with Crippen LogP contribution in [-0.2, 0) is 6.61 Å². The molecular formula is C25H23N3O5S. The highest BCUT2D eigenvalue weighted by Gasteiger charge is 2.13. The van der Waals surface area contributed by atoms with Gasteiger partial charge in [0.15, 0.2) is 10.9 Å². The molecule has 4 rings (SSSR count). The fraction of sp³-hybridized carbons (Fsp3) is 0.120. The van der Waals surface area contributed by atoms with Crippen molar-refractivity contribution in [2.24, 2.45) is 0 Å². The lowest BCUT2D eigenvalue weighted by Gasteiger charge is -2.14. The smallest absolute Gasteiger partial charge is 0.305 e. The predicted octanol–water partition coefficient (Wildman–Crippen LogP) is 4.66. The highest BCUT2D eigenvalue weighted by molar-refractivity contribution is 7.80. The van der Waals surface area contributed by atoms with Gasteiger partial charge in [-0.1, -0.05) is 30.3 Å². The average molecular weight is 478 g/mol. The lowest BCUT2D eigenvalue weighted by atomic mass is 10.1. The first kappa shape index (κ1) is 22.9. The Balaban J connectivity index is 1.28. The zero-order chi connectivity index (χ0) is 23.9. The molecule has 0 aliphatic carbocycles. The highest BCUT2D eigenvalue weighted by atomic mass is 32.1. The maximum Gasteiger partial charge on any atom is 0.305 e. The standard InChI is InChI=1S/C25H23N3O5S/c1-30-18-9-11-21(23(14-18)31-2)26-25(34)28-27-24(29)22-12-10-20(33-22)15-32-19-8-7-16-5-3-4-6-17(16)13-19/h3-14H,15H2,1-2H3,(H,27,29)(H2,26,28,34). The number of thiocarbonyl (C=S) groups is 1. The monoisotopic (exact) mass is 477 g/mol. The third-order valence-electron chi connectivity index (χ3n) is 4.93. The first-order valence-corrected chi connectivity index (χ1v) is 10.8. The number of rotatable bonds is 7. The molecule has 3 aromatic carbocycles. The van der Waals surface area contributed by atoms with Crippen LogP contribution in [0.1, 0.15) is 16.3 Å². The summed E-state index contributed by atoms with van der Waals surface area (Å²) in [4.78, 5) is 12.4. The van der Waals surface area contributed by atoms with Crippen molar-refractivity contribution in [2.45, 2.75) is 6.61 Å². The number of amides is 1. The fourth-order valence-electron chi connectivity index (χ4n) is 3.22. The van der Waals surface area contributed by atoms with Crippen molar-refractivity contribution < 1.29 is 23.4 Å². The molecule has 9 heteroatoms. The van der Waals surface area contributed by atoms with Gasteiger partial charge in [-0.25, -0.2) is 0 Å². The molecule has 0 bridgehead atoms. The molecule has 0 spiro atoms. The van der Waals surface area contributed by atoms with E-state index in [4.69, 9.17) is 30.8 Å². The first-order chi connectivity index (χ1) is 16.6. The molecule has 0 saturated carbocycles. The van der Waals surface area contributed by atoms with E-state index in [1.54, 1.807) is 37.4 Å². The number of carbonyl (C=O) groups excluding carboxylic acids is 1. The highest BCUT2D eigenvalue weighted by Crippen LogP contribution is 2.29. The number of carbonyl (C=O) groups is 1. The van der Waals surface area contributed by atoms with E-state index in [0.29, 0.717) is 28.7 Å². The van der Waals surface area contributed by atoms with Crippen LogP contribution in [0.15, 0.2) is 77.2 Å². The van der Waals surface area contributed by atoms with Crippen LogP contribution in [0.5, 0.6) is 17.2 Å². The molecule has 0 aliphatic heterocycles. The number of hydrazine groups is 1. The Bertz CT molecular complexity index is 1320. The molecule has 0 saturated heterocycles. The maximum atomic E-state index is 12.4. The largest absolute Gasteiger partial charge is 0.497 e. The molecule has 1 amide bonds. The van der Waals surface area contributed by atoms with E-state index < -0.39 is 5.91 Å². The summed E-state index contributed by atoms with van der Waals surface area (Å²) in [5, 5.41) is 5.34. The van der Waals surface area contributed by atoms with E-state index in [1.165, 1.54) is 7.11 Å². The van der Waals surface area contributed by atoms with Crippen LogP contribution in [0.4, 0.5) is 5.69 Å². The number of benzene rings is 3. The van der Waals surface area contributed by atoms with Crippen LogP contribution in [0.2, 0.25) is 0 Å². The molecular weight excluding hydrogens is 454 g/mol. The summed E-state index contributed by atoms with van der Waals surface area (Å²) < 4.78 is 21.9. The second kappa shape index (κ2) is 10.6. The second-order valence-corrected chi connectivity index (χ2v) is 7.57. The minimum absolute atomic E-state index is 0.120. The molecule has 1 aromatic heterocycles. The quantitative estimate of drug-likeness (QED) is 0.261. The van der Waals surface area contributed by atoms with Crippen molar-refractivity contribution in [1.29, 1.82) is 0 Å². The first-order valence-electron chi connectivity index (χ1n) is 10.4. The molecule has 0 unspecified atom stereocenters. The molecule has 0 aliphatic rings. The summed E-state index contributed by atoms with van der Waals surface area (Å²) in [7, 11) is 3.11. The minimum Gasteiger partial charge on any atom is -0.497 e. The number of methoxy groups -OCH3 is 2. The van der Waals surface area contributed by atoms with Crippen LogP contribution < -0.4 is 30.4 Å². The summed E-state index contributed by atoms with van der Waals surface area (Å²) in [5.41, 5.74) is 5.74. The Labute approximate surface area is 201 Å². The Hall–Kier alpha value is -4.24. The zero-order valence-electron chi connectivity index (χ0n) is 18.6. The van der Waals surface area contributed by atoms with Crippen molar-refractivity contribution in [3.05, 3.63) is 84.3 Å². The molecule has 8 nitrogen and oxygen atoms in total. The lowest BCUT2D eigenvalue weighted by Crippen LogP contribution is -2.43. The summed E-state index contributed by atoms with van der Waals surface area (Å²) in [6.07, 6.45) is 0. The summed E-state index contributed by atoms with van der Waals surface area (Å²) in [6.45, 7) is 0.191. The van der Waals surface area contributed by atoms with Crippen molar-refractivity contribution >= 4 is 39.7 Å². The SMILES string of the molecule is COc1ccc(NC(=S)NNC(=O)c2ccc(COc3ccc4ccccc4c3)o2)c(OC)c1. The summed E-state index contributed by atoms with van der Waals surface area (Å²) in [6, 6.07) is 22.4. The molecule has 3 N–H and O–H groups in total. The van der Waals surface area contributed by atoms with Gasteiger partial charge in [0.1, 0.15) is 29.6 Å². The van der Waals surface area contributed by atoms with Crippen LogP contribution in [0.3, 0.4) is 0 Å². The summed E-state index contributed by atoms with van der Waals surface area (Å²) >= 11 is 5.23. The van der Waals surface area contributed by atoms with Gasteiger partial charge in [0, 0.05) is 6.07 Å². The number of fused-ring (bicyclic) bond motifs is 1. The summed E-state index contributed by atoms with van der Waals surface area (Å²) in [5.74, 6) is 2.05. The molecule has 1 heterocycles. The van der Waals surface area contributed by atoms with Gasteiger partial charge in [0.2, 0.25) is 0 Å². The Morgan fingerprint density at radius 2 is 1.68 bits per heavy atom. The van der Waals surface area contributed by atoms with Crippen LogP contribution in [-0.4, -0.2) is 25.2 Å². The van der Waals surface area contributed by atoms with Crippen LogP contribution in [0, 0.1) is 0 Å². The van der Waals surface area contributed by atoms with Gasteiger partial charge < -0.3 is 23.9 Å². The van der Waals surface area contributed by atoms with Crippen LogP contribution >= 0.6 is 12.2 Å². The number of hydrogen-bond donors (Lipinski definition) is 3. The second-order valence-electron chi connectivity index (χ2n) is 7.16. The average Bonchev–Trinajstić information content (AvgIpc) is 3.35. The van der Waals surface area contributed by atoms with E-state index in [0.717, 1.165) is 10.8 Å². The fourth-order valence-corrected chi connectivity index (χ4v) is 3.38. The predicted molar refractivity (Wildman–Crippen MR) is 133 cm³/mol. The number of nitrogens with one attached hydrogen (secondary N) is 3.